The summed E-state index contributed by atoms with van der Waals surface area (Å²) in [6, 6.07) is -0.526. The minimum Gasteiger partial charge on any atom is -0.461 e. The number of amides is 1. The zero-order chi connectivity index (χ0) is 14.0. The summed E-state index contributed by atoms with van der Waals surface area (Å²) >= 11 is 1.68. The lowest BCUT2D eigenvalue weighted by molar-refractivity contribution is -0.150. The molecule has 0 rings (SSSR count). The summed E-state index contributed by atoms with van der Waals surface area (Å²) in [5.74, 6) is 1.13. The van der Waals surface area contributed by atoms with Crippen LogP contribution in [0.2, 0.25) is 0 Å². The van der Waals surface area contributed by atoms with Crippen molar-refractivity contribution in [1.82, 2.24) is 5.32 Å². The molecule has 0 aliphatic rings. The van der Waals surface area contributed by atoms with Crippen LogP contribution in [0.25, 0.3) is 0 Å². The zero-order valence-corrected chi connectivity index (χ0v) is 12.6. The maximum Gasteiger partial charge on any atom is 0.329 e. The van der Waals surface area contributed by atoms with E-state index in [-0.39, 0.29) is 18.0 Å². The minimum atomic E-state index is -0.526. The van der Waals surface area contributed by atoms with E-state index in [1.54, 1.807) is 32.5 Å². The molecule has 1 N–H and O–H groups in total. The van der Waals surface area contributed by atoms with Gasteiger partial charge in [0.1, 0.15) is 6.04 Å². The molecule has 1 amide bonds. The average molecular weight is 275 g/mol. The largest absolute Gasteiger partial charge is 0.461 e. The summed E-state index contributed by atoms with van der Waals surface area (Å²) in [6.07, 6.45) is 2.48. The number of carbonyl (C=O) groups excluding carboxylic acids is 2. The Labute approximate surface area is 114 Å². The van der Waals surface area contributed by atoms with Crippen LogP contribution in [0.15, 0.2) is 0 Å². The Hall–Kier alpha value is -0.710. The Morgan fingerprint density at radius 1 is 1.28 bits per heavy atom. The third kappa shape index (κ3) is 8.39. The van der Waals surface area contributed by atoms with Gasteiger partial charge < -0.3 is 10.1 Å². The van der Waals surface area contributed by atoms with Crippen LogP contribution < -0.4 is 5.32 Å². The van der Waals surface area contributed by atoms with Gasteiger partial charge in [0.25, 0.3) is 0 Å². The van der Waals surface area contributed by atoms with Crippen LogP contribution in [0, 0.1) is 0 Å². The van der Waals surface area contributed by atoms with Gasteiger partial charge in [0.15, 0.2) is 0 Å². The fourth-order valence-corrected chi connectivity index (χ4v) is 2.34. The summed E-state index contributed by atoms with van der Waals surface area (Å²) in [4.78, 5) is 23.2. The Morgan fingerprint density at radius 3 is 2.44 bits per heavy atom. The maximum absolute atomic E-state index is 11.8. The van der Waals surface area contributed by atoms with Crippen molar-refractivity contribution in [2.75, 3.05) is 11.5 Å². The van der Waals surface area contributed by atoms with Gasteiger partial charge in [-0.2, -0.15) is 11.8 Å². The van der Waals surface area contributed by atoms with Gasteiger partial charge in [-0.1, -0.05) is 20.3 Å². The van der Waals surface area contributed by atoms with Crippen LogP contribution in [0.3, 0.4) is 0 Å². The molecule has 0 fully saturated rings. The van der Waals surface area contributed by atoms with Gasteiger partial charge >= 0.3 is 5.97 Å². The number of hydrogen-bond donors (Lipinski definition) is 1. The van der Waals surface area contributed by atoms with Crippen LogP contribution >= 0.6 is 11.8 Å². The Kier molecular flexibility index (Phi) is 9.83. The van der Waals surface area contributed by atoms with E-state index in [0.29, 0.717) is 12.2 Å². The monoisotopic (exact) mass is 275 g/mol. The van der Waals surface area contributed by atoms with E-state index in [9.17, 15) is 9.59 Å². The van der Waals surface area contributed by atoms with E-state index in [2.05, 4.69) is 12.2 Å². The standard InChI is InChI=1S/C13H25NO3S/c1-5-7-8-18-9-11(14-12(15)6-2)13(16)17-10(3)4/h10-11H,5-9H2,1-4H3,(H,14,15)/t11-/m0/s1. The second-order valence-electron chi connectivity index (χ2n) is 4.39. The van der Waals surface area contributed by atoms with Crippen LogP contribution in [-0.2, 0) is 14.3 Å². The molecule has 0 saturated heterocycles. The van der Waals surface area contributed by atoms with E-state index < -0.39 is 6.04 Å². The highest BCUT2D eigenvalue weighted by atomic mass is 32.2. The maximum atomic E-state index is 11.8. The highest BCUT2D eigenvalue weighted by Crippen LogP contribution is 2.08. The zero-order valence-electron chi connectivity index (χ0n) is 11.8. The molecule has 0 radical (unpaired) electrons. The lowest BCUT2D eigenvalue weighted by atomic mass is 10.3. The van der Waals surface area contributed by atoms with E-state index in [1.807, 2.05) is 0 Å². The number of esters is 1. The molecule has 18 heavy (non-hydrogen) atoms. The Morgan fingerprint density at radius 2 is 1.94 bits per heavy atom. The number of thioether (sulfide) groups is 1. The van der Waals surface area contributed by atoms with Gasteiger partial charge in [-0.3, -0.25) is 4.79 Å². The van der Waals surface area contributed by atoms with Gasteiger partial charge in [-0.05, 0) is 26.0 Å². The lowest BCUT2D eigenvalue weighted by Crippen LogP contribution is -2.44. The molecule has 5 heteroatoms. The van der Waals surface area contributed by atoms with E-state index in [4.69, 9.17) is 4.74 Å². The minimum absolute atomic E-state index is 0.114. The fourth-order valence-electron chi connectivity index (χ4n) is 1.23. The number of rotatable bonds is 9. The molecule has 0 spiro atoms. The molecule has 0 aromatic carbocycles. The van der Waals surface area contributed by atoms with Crippen molar-refractivity contribution in [3.8, 4) is 0 Å². The van der Waals surface area contributed by atoms with Gasteiger partial charge in [0, 0.05) is 12.2 Å². The number of ether oxygens (including phenoxy) is 1. The molecule has 1 atom stereocenters. The highest BCUT2D eigenvalue weighted by molar-refractivity contribution is 7.99. The molecule has 4 nitrogen and oxygen atoms in total. The molecule has 0 unspecified atom stereocenters. The molecule has 0 heterocycles. The quantitative estimate of drug-likeness (QED) is 0.518. The predicted molar refractivity (Wildman–Crippen MR) is 75.7 cm³/mol. The third-order valence-electron chi connectivity index (χ3n) is 2.22. The Balaban J connectivity index is 4.23. The van der Waals surface area contributed by atoms with Crippen molar-refractivity contribution in [3.63, 3.8) is 0 Å². The van der Waals surface area contributed by atoms with Crippen molar-refractivity contribution >= 4 is 23.6 Å². The topological polar surface area (TPSA) is 55.4 Å². The summed E-state index contributed by atoms with van der Waals surface area (Å²) in [5, 5.41) is 2.71. The molecule has 0 aromatic heterocycles. The van der Waals surface area contributed by atoms with Crippen LogP contribution in [-0.4, -0.2) is 35.5 Å². The van der Waals surface area contributed by atoms with Gasteiger partial charge in [0.2, 0.25) is 5.91 Å². The predicted octanol–water partition coefficient (Wildman–Crippen LogP) is 2.37. The second kappa shape index (κ2) is 10.2. The number of nitrogens with one attached hydrogen (secondary N) is 1. The van der Waals surface area contributed by atoms with Crippen molar-refractivity contribution in [1.29, 1.82) is 0 Å². The molecule has 106 valence electrons. The number of unbranched alkanes of at least 4 members (excludes halogenated alkanes) is 1. The van der Waals surface area contributed by atoms with E-state index in [1.165, 1.54) is 0 Å². The van der Waals surface area contributed by atoms with Gasteiger partial charge in [0.05, 0.1) is 6.10 Å². The molecular weight excluding hydrogens is 250 g/mol. The van der Waals surface area contributed by atoms with Crippen LogP contribution in [0.1, 0.15) is 47.0 Å². The summed E-state index contributed by atoms with van der Waals surface area (Å²) in [5.41, 5.74) is 0. The summed E-state index contributed by atoms with van der Waals surface area (Å²) < 4.78 is 5.15. The average Bonchev–Trinajstić information content (AvgIpc) is 2.31. The third-order valence-corrected chi connectivity index (χ3v) is 3.37. The molecule has 0 aromatic rings. The first kappa shape index (κ1) is 17.3. The van der Waals surface area contributed by atoms with Crippen LogP contribution in [0.5, 0.6) is 0 Å². The number of hydrogen-bond acceptors (Lipinski definition) is 4. The first-order valence-corrected chi connectivity index (χ1v) is 7.74. The van der Waals surface area contributed by atoms with Crippen molar-refractivity contribution in [2.24, 2.45) is 0 Å². The van der Waals surface area contributed by atoms with Gasteiger partial charge in [-0.15, -0.1) is 0 Å². The fraction of sp³-hybridized carbons (Fsp3) is 0.846. The SMILES string of the molecule is CCCCSC[C@H](NC(=O)CC)C(=O)OC(C)C. The lowest BCUT2D eigenvalue weighted by Gasteiger charge is -2.18. The van der Waals surface area contributed by atoms with E-state index >= 15 is 0 Å². The second-order valence-corrected chi connectivity index (χ2v) is 5.54. The first-order chi connectivity index (χ1) is 8.51. The Bertz CT molecular complexity index is 257. The molecule has 0 saturated carbocycles. The van der Waals surface area contributed by atoms with Crippen molar-refractivity contribution < 1.29 is 14.3 Å². The highest BCUT2D eigenvalue weighted by Gasteiger charge is 2.22. The van der Waals surface area contributed by atoms with Crippen molar-refractivity contribution in [2.45, 2.75) is 59.1 Å². The molecule has 0 aliphatic heterocycles. The van der Waals surface area contributed by atoms with Gasteiger partial charge in [-0.25, -0.2) is 4.79 Å². The molecule has 0 aliphatic carbocycles. The first-order valence-electron chi connectivity index (χ1n) is 6.58. The number of carbonyl (C=O) groups is 2. The normalized spacial score (nSPS) is 12.3. The summed E-state index contributed by atoms with van der Waals surface area (Å²) in [6.45, 7) is 7.51. The molecule has 0 bridgehead atoms. The van der Waals surface area contributed by atoms with Crippen LogP contribution in [0.4, 0.5) is 0 Å². The summed E-state index contributed by atoms with van der Waals surface area (Å²) in [7, 11) is 0. The van der Waals surface area contributed by atoms with Crippen molar-refractivity contribution in [3.05, 3.63) is 0 Å². The smallest absolute Gasteiger partial charge is 0.329 e. The molecular formula is C13H25NO3S. The van der Waals surface area contributed by atoms with E-state index in [0.717, 1.165) is 18.6 Å².